The van der Waals surface area contributed by atoms with Crippen molar-refractivity contribution in [3.05, 3.63) is 35.4 Å². The van der Waals surface area contributed by atoms with Gasteiger partial charge in [-0.05, 0) is 37.5 Å². The molecule has 0 saturated heterocycles. The minimum Gasteiger partial charge on any atom is -0.398 e. The Morgan fingerprint density at radius 3 is 2.79 bits per heavy atom. The standard InChI is InChI=1S/C12H17NO/c1-3-9(2)12-10(7-8-14)5-4-6-11(12)13/h3-6,14H,7-8,13H2,1-2H3. The van der Waals surface area contributed by atoms with E-state index in [-0.39, 0.29) is 6.61 Å². The van der Waals surface area contributed by atoms with E-state index in [1.54, 1.807) is 0 Å². The van der Waals surface area contributed by atoms with Crippen LogP contribution in [0.3, 0.4) is 0 Å². The van der Waals surface area contributed by atoms with Crippen LogP contribution < -0.4 is 5.73 Å². The van der Waals surface area contributed by atoms with Crippen molar-refractivity contribution in [1.29, 1.82) is 0 Å². The molecule has 76 valence electrons. The molecule has 0 bridgehead atoms. The van der Waals surface area contributed by atoms with E-state index in [9.17, 15) is 0 Å². The second kappa shape index (κ2) is 4.82. The van der Waals surface area contributed by atoms with Crippen molar-refractivity contribution in [1.82, 2.24) is 0 Å². The Bertz CT molecular complexity index is 342. The number of nitrogen functional groups attached to an aromatic ring is 1. The molecule has 3 N–H and O–H groups in total. The van der Waals surface area contributed by atoms with E-state index in [4.69, 9.17) is 10.8 Å². The van der Waals surface area contributed by atoms with Gasteiger partial charge >= 0.3 is 0 Å². The third-order valence-corrected chi connectivity index (χ3v) is 2.39. The van der Waals surface area contributed by atoms with Crippen LogP contribution in [0.25, 0.3) is 5.57 Å². The van der Waals surface area contributed by atoms with E-state index < -0.39 is 0 Å². The van der Waals surface area contributed by atoms with Gasteiger partial charge in [0.15, 0.2) is 0 Å². The zero-order chi connectivity index (χ0) is 10.6. The van der Waals surface area contributed by atoms with Crippen LogP contribution in [0, 0.1) is 0 Å². The summed E-state index contributed by atoms with van der Waals surface area (Å²) in [4.78, 5) is 0. The molecule has 0 spiro atoms. The molecule has 0 unspecified atom stereocenters. The first-order chi connectivity index (χ1) is 6.70. The van der Waals surface area contributed by atoms with Gasteiger partial charge in [-0.2, -0.15) is 0 Å². The average Bonchev–Trinajstić information content (AvgIpc) is 2.18. The summed E-state index contributed by atoms with van der Waals surface area (Å²) in [5.74, 6) is 0. The number of benzene rings is 1. The van der Waals surface area contributed by atoms with Crippen LogP contribution in [0.15, 0.2) is 24.3 Å². The Hall–Kier alpha value is -1.28. The highest BCUT2D eigenvalue weighted by molar-refractivity contribution is 5.76. The van der Waals surface area contributed by atoms with Gasteiger partial charge in [-0.1, -0.05) is 18.2 Å². The predicted octanol–water partition coefficient (Wildman–Crippen LogP) is 2.23. The van der Waals surface area contributed by atoms with E-state index in [0.29, 0.717) is 6.42 Å². The third kappa shape index (κ3) is 2.15. The molecule has 1 aromatic carbocycles. The van der Waals surface area contributed by atoms with Gasteiger partial charge in [0.2, 0.25) is 0 Å². The van der Waals surface area contributed by atoms with Gasteiger partial charge in [-0.25, -0.2) is 0 Å². The normalized spacial score (nSPS) is 11.8. The fourth-order valence-electron chi connectivity index (χ4n) is 1.57. The lowest BCUT2D eigenvalue weighted by molar-refractivity contribution is 0.299. The van der Waals surface area contributed by atoms with Gasteiger partial charge in [0.05, 0.1) is 0 Å². The van der Waals surface area contributed by atoms with Crippen molar-refractivity contribution >= 4 is 11.3 Å². The smallest absolute Gasteiger partial charge is 0.0471 e. The molecule has 0 aliphatic heterocycles. The number of aliphatic hydroxyl groups is 1. The Morgan fingerprint density at radius 2 is 2.21 bits per heavy atom. The first kappa shape index (κ1) is 10.8. The Labute approximate surface area is 85.1 Å². The maximum atomic E-state index is 8.93. The lowest BCUT2D eigenvalue weighted by atomic mass is 9.97. The first-order valence-electron chi connectivity index (χ1n) is 4.82. The summed E-state index contributed by atoms with van der Waals surface area (Å²) in [6.45, 7) is 4.19. The molecule has 0 saturated carbocycles. The quantitative estimate of drug-likeness (QED) is 0.720. The molecule has 14 heavy (non-hydrogen) atoms. The third-order valence-electron chi connectivity index (χ3n) is 2.39. The molecule has 0 heterocycles. The summed E-state index contributed by atoms with van der Waals surface area (Å²) in [6.07, 6.45) is 2.69. The van der Waals surface area contributed by atoms with Crippen LogP contribution in [0.2, 0.25) is 0 Å². The molecule has 0 aromatic heterocycles. The second-order valence-corrected chi connectivity index (χ2v) is 3.33. The van der Waals surface area contributed by atoms with Crippen molar-refractivity contribution in [2.45, 2.75) is 20.3 Å². The van der Waals surface area contributed by atoms with Gasteiger partial charge in [-0.3, -0.25) is 0 Å². The Kier molecular flexibility index (Phi) is 3.72. The van der Waals surface area contributed by atoms with Crippen LogP contribution in [0.4, 0.5) is 5.69 Å². The van der Waals surface area contributed by atoms with Crippen molar-refractivity contribution < 1.29 is 5.11 Å². The summed E-state index contributed by atoms with van der Waals surface area (Å²) in [5, 5.41) is 8.93. The van der Waals surface area contributed by atoms with Crippen LogP contribution in [-0.2, 0) is 6.42 Å². The lowest BCUT2D eigenvalue weighted by Gasteiger charge is -2.11. The highest BCUT2D eigenvalue weighted by atomic mass is 16.2. The molecular weight excluding hydrogens is 174 g/mol. The number of nitrogens with two attached hydrogens (primary N) is 1. The van der Waals surface area contributed by atoms with Gasteiger partial charge in [0, 0.05) is 17.9 Å². The number of anilines is 1. The monoisotopic (exact) mass is 191 g/mol. The van der Waals surface area contributed by atoms with Gasteiger partial charge in [-0.15, -0.1) is 0 Å². The molecule has 0 amide bonds. The highest BCUT2D eigenvalue weighted by Gasteiger charge is 2.06. The summed E-state index contributed by atoms with van der Waals surface area (Å²) in [7, 11) is 0. The second-order valence-electron chi connectivity index (χ2n) is 3.33. The minimum absolute atomic E-state index is 0.160. The van der Waals surface area contributed by atoms with Crippen LogP contribution in [0.1, 0.15) is 25.0 Å². The fourth-order valence-corrected chi connectivity index (χ4v) is 1.57. The SMILES string of the molecule is CC=C(C)c1c(N)cccc1CCO. The number of aliphatic hydroxyl groups excluding tert-OH is 1. The molecule has 1 rings (SSSR count). The number of hydrogen-bond acceptors (Lipinski definition) is 2. The fraction of sp³-hybridized carbons (Fsp3) is 0.333. The molecule has 0 atom stereocenters. The van der Waals surface area contributed by atoms with E-state index >= 15 is 0 Å². The first-order valence-corrected chi connectivity index (χ1v) is 4.82. The van der Waals surface area contributed by atoms with Crippen LogP contribution >= 0.6 is 0 Å². The summed E-state index contributed by atoms with van der Waals surface area (Å²) in [5.41, 5.74) is 10.0. The molecule has 2 nitrogen and oxygen atoms in total. The lowest BCUT2D eigenvalue weighted by Crippen LogP contribution is -2.00. The number of rotatable bonds is 3. The predicted molar refractivity (Wildman–Crippen MR) is 61.0 cm³/mol. The molecular formula is C12H17NO. The Balaban J connectivity index is 3.22. The summed E-state index contributed by atoms with van der Waals surface area (Å²) < 4.78 is 0. The highest BCUT2D eigenvalue weighted by Crippen LogP contribution is 2.25. The van der Waals surface area contributed by atoms with Crippen molar-refractivity contribution in [2.75, 3.05) is 12.3 Å². The molecule has 0 fully saturated rings. The van der Waals surface area contributed by atoms with Crippen molar-refractivity contribution in [3.8, 4) is 0 Å². The maximum absolute atomic E-state index is 8.93. The average molecular weight is 191 g/mol. The zero-order valence-electron chi connectivity index (χ0n) is 8.75. The number of allylic oxidation sites excluding steroid dienone is 2. The summed E-state index contributed by atoms with van der Waals surface area (Å²) >= 11 is 0. The van der Waals surface area contributed by atoms with Crippen molar-refractivity contribution in [2.24, 2.45) is 0 Å². The number of hydrogen-bond donors (Lipinski definition) is 2. The van der Waals surface area contributed by atoms with E-state index in [2.05, 4.69) is 0 Å². The van der Waals surface area contributed by atoms with E-state index in [1.165, 1.54) is 0 Å². The van der Waals surface area contributed by atoms with Gasteiger partial charge in [0.1, 0.15) is 0 Å². The maximum Gasteiger partial charge on any atom is 0.0471 e. The van der Waals surface area contributed by atoms with Crippen LogP contribution in [0.5, 0.6) is 0 Å². The molecule has 0 aliphatic rings. The van der Waals surface area contributed by atoms with Gasteiger partial charge in [0.25, 0.3) is 0 Å². The van der Waals surface area contributed by atoms with E-state index in [0.717, 1.165) is 22.4 Å². The molecule has 2 heteroatoms. The molecule has 0 radical (unpaired) electrons. The zero-order valence-corrected chi connectivity index (χ0v) is 8.75. The van der Waals surface area contributed by atoms with E-state index in [1.807, 2.05) is 38.1 Å². The Morgan fingerprint density at radius 1 is 1.50 bits per heavy atom. The largest absolute Gasteiger partial charge is 0.398 e. The molecule has 1 aromatic rings. The minimum atomic E-state index is 0.160. The summed E-state index contributed by atoms with van der Waals surface area (Å²) in [6, 6.07) is 5.82. The topological polar surface area (TPSA) is 46.2 Å². The van der Waals surface area contributed by atoms with Gasteiger partial charge < -0.3 is 10.8 Å². The van der Waals surface area contributed by atoms with Crippen molar-refractivity contribution in [3.63, 3.8) is 0 Å². The van der Waals surface area contributed by atoms with Crippen LogP contribution in [-0.4, -0.2) is 11.7 Å². The molecule has 0 aliphatic carbocycles.